The maximum absolute atomic E-state index is 5.28. The molecule has 174 valence electrons. The van der Waals surface area contributed by atoms with E-state index < -0.39 is 0 Å². The summed E-state index contributed by atoms with van der Waals surface area (Å²) in [6.45, 7) is 7.26. The first-order chi connectivity index (χ1) is 16.7. The Balaban J connectivity index is 1.44. The van der Waals surface area contributed by atoms with E-state index in [1.54, 1.807) is 0 Å². The highest BCUT2D eigenvalue weighted by Gasteiger charge is 2.26. The van der Waals surface area contributed by atoms with E-state index in [1.807, 2.05) is 13.2 Å². The van der Waals surface area contributed by atoms with Crippen LogP contribution in [-0.2, 0) is 19.4 Å². The molecule has 0 spiro atoms. The Hall–Kier alpha value is -3.25. The van der Waals surface area contributed by atoms with Gasteiger partial charge in [0.25, 0.3) is 0 Å². The van der Waals surface area contributed by atoms with Crippen LogP contribution in [0.3, 0.4) is 0 Å². The van der Waals surface area contributed by atoms with Gasteiger partial charge >= 0.3 is 0 Å². The van der Waals surface area contributed by atoms with Crippen LogP contribution >= 0.6 is 0 Å². The molecule has 1 aliphatic heterocycles. The molecule has 0 unspecified atom stereocenters. The highest BCUT2D eigenvalue weighted by atomic mass is 15.3. The summed E-state index contributed by atoms with van der Waals surface area (Å²) in [5.74, 6) is 1.02. The van der Waals surface area contributed by atoms with E-state index in [0.717, 1.165) is 66.3 Å². The van der Waals surface area contributed by atoms with Crippen LogP contribution in [0.2, 0.25) is 0 Å². The van der Waals surface area contributed by atoms with Gasteiger partial charge in [0.15, 0.2) is 0 Å². The van der Waals surface area contributed by atoms with Gasteiger partial charge in [-0.2, -0.15) is 5.10 Å². The summed E-state index contributed by atoms with van der Waals surface area (Å²) in [5.41, 5.74) is 10.6. The molecule has 0 amide bonds. The van der Waals surface area contributed by atoms with Crippen LogP contribution < -0.4 is 10.2 Å². The van der Waals surface area contributed by atoms with Crippen LogP contribution in [0.15, 0.2) is 42.6 Å². The number of likely N-dealkylation sites (N-methyl/N-ethyl adjacent to an activating group) is 1. The quantitative estimate of drug-likeness (QED) is 0.456. The molecule has 2 aliphatic rings. The average Bonchev–Trinajstić information content (AvgIpc) is 3.44. The third-order valence-corrected chi connectivity index (χ3v) is 7.39. The molecule has 34 heavy (non-hydrogen) atoms. The number of rotatable bonds is 6. The standard InChI is InChI=1S/C28H32N6/c1-4-13-34-24-14-18(2)26(23-10-6-8-19-7-5-9-22(19)23)31-28(24)27(32-34)20-11-12-25(30-15-20)33-16-21(17-33)29-3/h6,8,10-12,14-15,21,29H,4-5,7,9,13,16-17H2,1-3H3. The number of nitrogens with zero attached hydrogens (tertiary/aromatic N) is 5. The zero-order chi connectivity index (χ0) is 23.2. The Bertz CT molecular complexity index is 1350. The zero-order valence-electron chi connectivity index (χ0n) is 20.3. The summed E-state index contributed by atoms with van der Waals surface area (Å²) in [5, 5.41) is 8.34. The highest BCUT2D eigenvalue weighted by Crippen LogP contribution is 2.36. The van der Waals surface area contributed by atoms with Crippen molar-refractivity contribution in [3.05, 3.63) is 59.3 Å². The second kappa shape index (κ2) is 8.51. The fraction of sp³-hybridized carbons (Fsp3) is 0.393. The number of hydrogen-bond acceptors (Lipinski definition) is 5. The molecule has 1 saturated heterocycles. The smallest absolute Gasteiger partial charge is 0.128 e. The van der Waals surface area contributed by atoms with Gasteiger partial charge in [-0.3, -0.25) is 4.68 Å². The lowest BCUT2D eigenvalue weighted by atomic mass is 9.97. The predicted molar refractivity (Wildman–Crippen MR) is 138 cm³/mol. The van der Waals surface area contributed by atoms with Crippen LogP contribution in [0.5, 0.6) is 0 Å². The molecule has 4 heterocycles. The lowest BCUT2D eigenvalue weighted by Gasteiger charge is -2.39. The van der Waals surface area contributed by atoms with Crippen LogP contribution in [-0.4, -0.2) is 45.9 Å². The van der Waals surface area contributed by atoms with Gasteiger partial charge in [-0.25, -0.2) is 9.97 Å². The summed E-state index contributed by atoms with van der Waals surface area (Å²) < 4.78 is 2.12. The van der Waals surface area contributed by atoms with Gasteiger partial charge in [0, 0.05) is 43.0 Å². The Kier molecular flexibility index (Phi) is 5.33. The van der Waals surface area contributed by atoms with E-state index in [2.05, 4.69) is 65.1 Å². The first-order valence-electron chi connectivity index (χ1n) is 12.5. The third kappa shape index (κ3) is 3.48. The minimum Gasteiger partial charge on any atom is -0.353 e. The third-order valence-electron chi connectivity index (χ3n) is 7.39. The van der Waals surface area contributed by atoms with E-state index in [0.29, 0.717) is 6.04 Å². The van der Waals surface area contributed by atoms with Crippen molar-refractivity contribution in [3.63, 3.8) is 0 Å². The summed E-state index contributed by atoms with van der Waals surface area (Å²) in [4.78, 5) is 12.4. The fourth-order valence-corrected chi connectivity index (χ4v) is 5.44. The number of pyridine rings is 2. The molecule has 4 aromatic rings. The Morgan fingerprint density at radius 1 is 1.09 bits per heavy atom. The molecule has 0 atom stereocenters. The molecule has 0 saturated carbocycles. The van der Waals surface area contributed by atoms with Gasteiger partial charge in [0.2, 0.25) is 0 Å². The summed E-state index contributed by atoms with van der Waals surface area (Å²) >= 11 is 0. The van der Waals surface area contributed by atoms with Crippen LogP contribution in [0.25, 0.3) is 33.5 Å². The second-order valence-corrected chi connectivity index (χ2v) is 9.69. The van der Waals surface area contributed by atoms with Crippen LogP contribution in [0.4, 0.5) is 5.82 Å². The number of aryl methyl sites for hydroxylation is 3. The molecular weight excluding hydrogens is 420 g/mol. The minimum atomic E-state index is 0.556. The molecule has 6 rings (SSSR count). The van der Waals surface area contributed by atoms with Gasteiger partial charge in [-0.05, 0) is 74.5 Å². The normalized spacial score (nSPS) is 15.7. The van der Waals surface area contributed by atoms with Gasteiger partial charge < -0.3 is 10.2 Å². The lowest BCUT2D eigenvalue weighted by molar-refractivity contribution is 0.447. The molecule has 3 aromatic heterocycles. The Morgan fingerprint density at radius 3 is 2.74 bits per heavy atom. The lowest BCUT2D eigenvalue weighted by Crippen LogP contribution is -2.57. The molecule has 6 nitrogen and oxygen atoms in total. The molecule has 0 radical (unpaired) electrons. The molecule has 1 aromatic carbocycles. The number of nitrogens with one attached hydrogen (secondary N) is 1. The van der Waals surface area contributed by atoms with Crippen molar-refractivity contribution in [2.24, 2.45) is 0 Å². The van der Waals surface area contributed by atoms with E-state index in [9.17, 15) is 0 Å². The van der Waals surface area contributed by atoms with E-state index >= 15 is 0 Å². The van der Waals surface area contributed by atoms with Crippen molar-refractivity contribution in [2.75, 3.05) is 25.0 Å². The monoisotopic (exact) mass is 452 g/mol. The molecule has 1 N–H and O–H groups in total. The summed E-state index contributed by atoms with van der Waals surface area (Å²) in [6, 6.07) is 13.8. The fourth-order valence-electron chi connectivity index (χ4n) is 5.44. The largest absolute Gasteiger partial charge is 0.353 e. The van der Waals surface area contributed by atoms with Crippen molar-refractivity contribution in [1.29, 1.82) is 0 Å². The van der Waals surface area contributed by atoms with Crippen molar-refractivity contribution >= 4 is 16.9 Å². The average molecular weight is 453 g/mol. The number of fused-ring (bicyclic) bond motifs is 2. The maximum atomic E-state index is 5.28. The van der Waals surface area contributed by atoms with Gasteiger partial charge in [-0.1, -0.05) is 25.1 Å². The summed E-state index contributed by atoms with van der Waals surface area (Å²) in [7, 11) is 2.02. The van der Waals surface area contributed by atoms with Gasteiger partial charge in [0.05, 0.1) is 11.2 Å². The molecule has 1 fully saturated rings. The van der Waals surface area contributed by atoms with Crippen molar-refractivity contribution in [1.82, 2.24) is 25.1 Å². The van der Waals surface area contributed by atoms with Gasteiger partial charge in [0.1, 0.15) is 17.0 Å². The number of aromatic nitrogens is 4. The molecular formula is C28H32N6. The van der Waals surface area contributed by atoms with E-state index in [4.69, 9.17) is 15.1 Å². The Labute approximate surface area is 201 Å². The minimum absolute atomic E-state index is 0.556. The number of benzene rings is 1. The first kappa shape index (κ1) is 21.3. The first-order valence-corrected chi connectivity index (χ1v) is 12.5. The summed E-state index contributed by atoms with van der Waals surface area (Å²) in [6.07, 6.45) is 6.54. The van der Waals surface area contributed by atoms with Crippen LogP contribution in [0.1, 0.15) is 36.5 Å². The van der Waals surface area contributed by atoms with Crippen molar-refractivity contribution < 1.29 is 0 Å². The van der Waals surface area contributed by atoms with E-state index in [-0.39, 0.29) is 0 Å². The molecule has 0 bridgehead atoms. The Morgan fingerprint density at radius 2 is 1.97 bits per heavy atom. The second-order valence-electron chi connectivity index (χ2n) is 9.69. The van der Waals surface area contributed by atoms with Crippen LogP contribution in [0, 0.1) is 6.92 Å². The van der Waals surface area contributed by atoms with E-state index in [1.165, 1.54) is 35.1 Å². The maximum Gasteiger partial charge on any atom is 0.128 e. The van der Waals surface area contributed by atoms with Gasteiger partial charge in [-0.15, -0.1) is 0 Å². The topological polar surface area (TPSA) is 58.9 Å². The highest BCUT2D eigenvalue weighted by molar-refractivity contribution is 5.92. The SMILES string of the molecule is CCCn1nc(-c2ccc(N3CC(NC)C3)nc2)c2nc(-c3cccc4c3CCC4)c(C)cc21. The molecule has 1 aliphatic carbocycles. The number of hydrogen-bond donors (Lipinski definition) is 1. The van der Waals surface area contributed by atoms with Crippen molar-refractivity contribution in [3.8, 4) is 22.5 Å². The number of anilines is 1. The zero-order valence-corrected chi connectivity index (χ0v) is 20.3. The molecule has 6 heteroatoms. The van der Waals surface area contributed by atoms with Crippen molar-refractivity contribution in [2.45, 2.75) is 52.1 Å². The predicted octanol–water partition coefficient (Wildman–Crippen LogP) is 4.78.